The van der Waals surface area contributed by atoms with Gasteiger partial charge in [0, 0.05) is 22.9 Å². The number of halogens is 1. The van der Waals surface area contributed by atoms with E-state index < -0.39 is 0 Å². The molecule has 130 valence electrons. The molecule has 0 spiro atoms. The molecule has 3 rings (SSSR count). The number of methoxy groups -OCH3 is 1. The summed E-state index contributed by atoms with van der Waals surface area (Å²) in [5.74, 6) is 1.63. The quantitative estimate of drug-likeness (QED) is 0.765. The number of nitrogens with zero attached hydrogens (tertiary/aromatic N) is 2. The van der Waals surface area contributed by atoms with Crippen LogP contribution in [0, 0.1) is 6.92 Å². The van der Waals surface area contributed by atoms with E-state index in [0.717, 1.165) is 29.2 Å². The van der Waals surface area contributed by atoms with Gasteiger partial charge in [-0.15, -0.1) is 0 Å². The second-order valence-electron chi connectivity index (χ2n) is 5.72. The summed E-state index contributed by atoms with van der Waals surface area (Å²) in [5, 5.41) is 1.39. The molecule has 6 heteroatoms. The fraction of sp³-hybridized carbons (Fsp3) is 0.263. The molecule has 0 unspecified atom stereocenters. The van der Waals surface area contributed by atoms with Crippen LogP contribution in [-0.2, 0) is 0 Å². The summed E-state index contributed by atoms with van der Waals surface area (Å²) in [6, 6.07) is 12.8. The van der Waals surface area contributed by atoms with Crippen molar-refractivity contribution in [2.24, 2.45) is 4.99 Å². The van der Waals surface area contributed by atoms with Crippen LogP contribution in [0.4, 0.5) is 5.69 Å². The van der Waals surface area contributed by atoms with Gasteiger partial charge in [-0.05, 0) is 55.3 Å². The number of aliphatic imine (C=N–C) groups is 1. The molecule has 1 aliphatic heterocycles. The van der Waals surface area contributed by atoms with E-state index in [4.69, 9.17) is 16.3 Å². The molecular weight excluding hydrogens is 356 g/mol. The van der Waals surface area contributed by atoms with E-state index >= 15 is 0 Å². The molecule has 4 nitrogen and oxygen atoms in total. The maximum absolute atomic E-state index is 12.9. The summed E-state index contributed by atoms with van der Waals surface area (Å²) in [6.45, 7) is 2.62. The number of hydrogen-bond acceptors (Lipinski definition) is 4. The number of amidine groups is 1. The standard InChI is InChI=1S/C19H19ClN2O2S/c1-13-4-7-15(12-17(13)20)21-19-22(10-3-11-25-19)18(23)14-5-8-16(24-2)9-6-14/h4-9,12H,3,10-11H2,1-2H3. The minimum absolute atomic E-state index is 0.0492. The Labute approximate surface area is 156 Å². The highest BCUT2D eigenvalue weighted by Crippen LogP contribution is 2.27. The lowest BCUT2D eigenvalue weighted by Crippen LogP contribution is -2.39. The van der Waals surface area contributed by atoms with Crippen LogP contribution in [0.2, 0.25) is 5.02 Å². The van der Waals surface area contributed by atoms with Gasteiger partial charge >= 0.3 is 0 Å². The number of amides is 1. The third-order valence-electron chi connectivity index (χ3n) is 3.95. The van der Waals surface area contributed by atoms with E-state index in [1.807, 2.05) is 25.1 Å². The van der Waals surface area contributed by atoms with Gasteiger partial charge in [-0.1, -0.05) is 29.4 Å². The number of aryl methyl sites for hydroxylation is 1. The first-order valence-corrected chi connectivity index (χ1v) is 9.38. The van der Waals surface area contributed by atoms with Crippen LogP contribution in [0.5, 0.6) is 5.75 Å². The lowest BCUT2D eigenvalue weighted by molar-refractivity contribution is 0.0849. The summed E-state index contributed by atoms with van der Waals surface area (Å²) in [7, 11) is 1.61. The maximum Gasteiger partial charge on any atom is 0.259 e. The smallest absolute Gasteiger partial charge is 0.259 e. The minimum Gasteiger partial charge on any atom is -0.497 e. The van der Waals surface area contributed by atoms with Crippen molar-refractivity contribution in [3.8, 4) is 5.75 Å². The van der Waals surface area contributed by atoms with Crippen molar-refractivity contribution in [2.75, 3.05) is 19.4 Å². The summed E-state index contributed by atoms with van der Waals surface area (Å²) in [4.78, 5) is 19.3. The van der Waals surface area contributed by atoms with Crippen LogP contribution in [0.3, 0.4) is 0 Å². The van der Waals surface area contributed by atoms with E-state index in [-0.39, 0.29) is 5.91 Å². The molecule has 1 heterocycles. The van der Waals surface area contributed by atoms with Crippen LogP contribution < -0.4 is 4.74 Å². The minimum atomic E-state index is -0.0492. The Morgan fingerprint density at radius 2 is 2.00 bits per heavy atom. The molecule has 1 aliphatic rings. The monoisotopic (exact) mass is 374 g/mol. The van der Waals surface area contributed by atoms with E-state index in [2.05, 4.69) is 4.99 Å². The third kappa shape index (κ3) is 4.17. The van der Waals surface area contributed by atoms with Gasteiger partial charge in [-0.2, -0.15) is 0 Å². The van der Waals surface area contributed by atoms with Gasteiger partial charge < -0.3 is 4.74 Å². The van der Waals surface area contributed by atoms with Crippen molar-refractivity contribution < 1.29 is 9.53 Å². The van der Waals surface area contributed by atoms with Crippen LogP contribution in [0.1, 0.15) is 22.3 Å². The second kappa shape index (κ2) is 7.93. The normalized spacial score (nSPS) is 16.1. The first kappa shape index (κ1) is 17.8. The van der Waals surface area contributed by atoms with Gasteiger partial charge in [0.15, 0.2) is 5.17 Å². The molecule has 0 aliphatic carbocycles. The summed E-state index contributed by atoms with van der Waals surface area (Å²) < 4.78 is 5.15. The fourth-order valence-electron chi connectivity index (χ4n) is 2.49. The Morgan fingerprint density at radius 3 is 2.68 bits per heavy atom. The molecule has 0 atom stereocenters. The van der Waals surface area contributed by atoms with Gasteiger partial charge in [0.2, 0.25) is 0 Å². The largest absolute Gasteiger partial charge is 0.497 e. The Balaban J connectivity index is 1.87. The molecule has 1 fully saturated rings. The van der Waals surface area contributed by atoms with Gasteiger partial charge in [-0.25, -0.2) is 4.99 Å². The van der Waals surface area contributed by atoms with E-state index in [1.54, 1.807) is 48.0 Å². The molecule has 0 radical (unpaired) electrons. The van der Waals surface area contributed by atoms with Gasteiger partial charge in [0.25, 0.3) is 5.91 Å². The van der Waals surface area contributed by atoms with Crippen molar-refractivity contribution in [1.82, 2.24) is 4.90 Å². The van der Waals surface area contributed by atoms with Crippen molar-refractivity contribution in [3.05, 3.63) is 58.6 Å². The topological polar surface area (TPSA) is 41.9 Å². The average molecular weight is 375 g/mol. The molecule has 0 aromatic heterocycles. The van der Waals surface area contributed by atoms with Gasteiger partial charge in [-0.3, -0.25) is 9.69 Å². The first-order valence-electron chi connectivity index (χ1n) is 8.02. The summed E-state index contributed by atoms with van der Waals surface area (Å²) in [6.07, 6.45) is 0.945. The number of hydrogen-bond donors (Lipinski definition) is 0. The molecular formula is C19H19ClN2O2S. The fourth-order valence-corrected chi connectivity index (χ4v) is 3.62. The van der Waals surface area contributed by atoms with E-state index in [1.165, 1.54) is 0 Å². The molecule has 1 amide bonds. The molecule has 0 N–H and O–H groups in total. The Morgan fingerprint density at radius 1 is 1.24 bits per heavy atom. The number of carbonyl (C=O) groups is 1. The van der Waals surface area contributed by atoms with E-state index in [0.29, 0.717) is 22.3 Å². The van der Waals surface area contributed by atoms with E-state index in [9.17, 15) is 4.79 Å². The predicted octanol–water partition coefficient (Wildman–Crippen LogP) is 4.92. The number of thioether (sulfide) groups is 1. The molecule has 1 saturated heterocycles. The molecule has 0 bridgehead atoms. The van der Waals surface area contributed by atoms with Gasteiger partial charge in [0.05, 0.1) is 12.8 Å². The molecule has 25 heavy (non-hydrogen) atoms. The Hall–Kier alpha value is -1.98. The Kier molecular flexibility index (Phi) is 5.66. The average Bonchev–Trinajstić information content (AvgIpc) is 2.65. The molecule has 2 aromatic rings. The molecule has 0 saturated carbocycles. The van der Waals surface area contributed by atoms with Crippen molar-refractivity contribution in [2.45, 2.75) is 13.3 Å². The lowest BCUT2D eigenvalue weighted by atomic mass is 10.2. The Bertz CT molecular complexity index is 806. The summed E-state index contributed by atoms with van der Waals surface area (Å²) in [5.41, 5.74) is 2.39. The maximum atomic E-state index is 12.9. The third-order valence-corrected chi connectivity index (χ3v) is 5.42. The first-order chi connectivity index (χ1) is 12.1. The zero-order valence-electron chi connectivity index (χ0n) is 14.2. The zero-order chi connectivity index (χ0) is 17.8. The number of carbonyl (C=O) groups excluding carboxylic acids is 1. The SMILES string of the molecule is COc1ccc(C(=O)N2CCCSC2=Nc2ccc(C)c(Cl)c2)cc1. The van der Waals surface area contributed by atoms with Crippen LogP contribution in [0.15, 0.2) is 47.5 Å². The highest BCUT2D eigenvalue weighted by Gasteiger charge is 2.25. The zero-order valence-corrected chi connectivity index (χ0v) is 15.7. The lowest BCUT2D eigenvalue weighted by Gasteiger charge is -2.28. The predicted molar refractivity (Wildman–Crippen MR) is 104 cm³/mol. The van der Waals surface area contributed by atoms with Crippen molar-refractivity contribution >= 4 is 40.1 Å². The number of ether oxygens (including phenoxy) is 1. The highest BCUT2D eigenvalue weighted by atomic mass is 35.5. The summed E-state index contributed by atoms with van der Waals surface area (Å²) >= 11 is 7.78. The van der Waals surface area contributed by atoms with Crippen LogP contribution in [-0.4, -0.2) is 35.4 Å². The highest BCUT2D eigenvalue weighted by molar-refractivity contribution is 8.13. The van der Waals surface area contributed by atoms with Gasteiger partial charge in [0.1, 0.15) is 5.75 Å². The molecule has 2 aromatic carbocycles. The number of rotatable bonds is 3. The van der Waals surface area contributed by atoms with Crippen molar-refractivity contribution in [3.63, 3.8) is 0 Å². The number of benzene rings is 2. The van der Waals surface area contributed by atoms with Crippen LogP contribution >= 0.6 is 23.4 Å². The van der Waals surface area contributed by atoms with Crippen molar-refractivity contribution in [1.29, 1.82) is 0 Å². The second-order valence-corrected chi connectivity index (χ2v) is 7.18. The van der Waals surface area contributed by atoms with Crippen LogP contribution in [0.25, 0.3) is 0 Å².